The van der Waals surface area contributed by atoms with Gasteiger partial charge in [-0.15, -0.1) is 0 Å². The lowest BCUT2D eigenvalue weighted by Crippen LogP contribution is -2.67. The van der Waals surface area contributed by atoms with Crippen molar-refractivity contribution in [2.24, 2.45) is 70.0 Å². The summed E-state index contributed by atoms with van der Waals surface area (Å²) >= 11 is 0. The van der Waals surface area contributed by atoms with Gasteiger partial charge in [-0.05, 0) is 160 Å². The highest BCUT2D eigenvalue weighted by Gasteiger charge is 2.71. The minimum atomic E-state index is -0.601. The van der Waals surface area contributed by atoms with Gasteiger partial charge in [0.15, 0.2) is 0 Å². The molecule has 7 fully saturated rings. The summed E-state index contributed by atoms with van der Waals surface area (Å²) in [6.45, 7) is 6.92. The molecule has 2 heterocycles. The zero-order chi connectivity index (χ0) is 30.0. The Morgan fingerprint density at radius 2 is 1.75 bits per heavy atom. The van der Waals surface area contributed by atoms with Crippen LogP contribution in [-0.2, 0) is 6.42 Å². The Morgan fingerprint density at radius 3 is 2.59 bits per heavy atom. The van der Waals surface area contributed by atoms with Crippen molar-refractivity contribution in [2.45, 2.75) is 115 Å². The van der Waals surface area contributed by atoms with E-state index < -0.39 is 5.60 Å². The number of piperidine rings is 2. The van der Waals surface area contributed by atoms with Crippen molar-refractivity contribution < 1.29 is 15.3 Å². The Labute approximate surface area is 265 Å². The van der Waals surface area contributed by atoms with Gasteiger partial charge in [0.05, 0.1) is 17.8 Å². The van der Waals surface area contributed by atoms with Crippen LogP contribution in [-0.4, -0.2) is 57.2 Å². The standard InChI is InChI=1S/C40H57NO3/c1-24-10-13-34-38(2,44)31-12-11-27-29-18-33(42)32-19-35(43)39(16-14-26(20-39)17-25-7-4-3-5-8-25)23-40(32)15-6-9-28(37(29)40)36(27)30(31)22-41(34)21-24/h3-9,24,26-37,42-44H,10-23H2,1-2H3/t24-,26+,27-,28+,29-,30-,31-,32+,33+,34-,35-,36-,37+,38+,39-,40-/m1/s1. The smallest absolute Gasteiger partial charge is 0.0805 e. The number of rotatable bonds is 2. The highest BCUT2D eigenvalue weighted by Crippen LogP contribution is 2.74. The maximum atomic E-state index is 12.3. The third kappa shape index (κ3) is 4.02. The Kier molecular flexibility index (Phi) is 6.68. The minimum absolute atomic E-state index is 0.00918. The van der Waals surface area contributed by atoms with E-state index in [4.69, 9.17) is 0 Å². The number of allylic oxidation sites excluding steroid dienone is 2. The molecule has 8 aliphatic rings. The quantitative estimate of drug-likeness (QED) is 0.341. The van der Waals surface area contributed by atoms with Crippen LogP contribution in [0.15, 0.2) is 42.5 Å². The van der Waals surface area contributed by atoms with Crippen LogP contribution in [0, 0.1) is 70.0 Å². The van der Waals surface area contributed by atoms with E-state index in [1.165, 1.54) is 31.4 Å². The van der Waals surface area contributed by atoms with E-state index in [9.17, 15) is 15.3 Å². The number of aliphatic hydroxyl groups excluding tert-OH is 2. The second-order valence-corrected chi connectivity index (χ2v) is 18.1. The third-order valence-electron chi connectivity index (χ3n) is 16.2. The van der Waals surface area contributed by atoms with Crippen molar-refractivity contribution in [3.05, 3.63) is 48.0 Å². The monoisotopic (exact) mass is 599 g/mol. The lowest BCUT2D eigenvalue weighted by Gasteiger charge is -2.63. The van der Waals surface area contributed by atoms with E-state index in [1.54, 1.807) is 0 Å². The highest BCUT2D eigenvalue weighted by molar-refractivity contribution is 5.26. The zero-order valence-electron chi connectivity index (χ0n) is 27.2. The first-order valence-electron chi connectivity index (χ1n) is 18.7. The maximum absolute atomic E-state index is 12.3. The van der Waals surface area contributed by atoms with Gasteiger partial charge in [0.25, 0.3) is 0 Å². The van der Waals surface area contributed by atoms with Crippen LogP contribution >= 0.6 is 0 Å². The summed E-state index contributed by atoms with van der Waals surface area (Å²) in [6, 6.07) is 11.3. The lowest BCUT2D eigenvalue weighted by molar-refractivity contribution is -0.189. The molecule has 44 heavy (non-hydrogen) atoms. The van der Waals surface area contributed by atoms with E-state index in [2.05, 4.69) is 61.2 Å². The molecule has 240 valence electrons. The summed E-state index contributed by atoms with van der Waals surface area (Å²) in [7, 11) is 0. The molecule has 4 nitrogen and oxygen atoms in total. The fourth-order valence-corrected chi connectivity index (χ4v) is 14.8. The first-order valence-corrected chi connectivity index (χ1v) is 18.7. The number of aliphatic hydroxyl groups is 3. The topological polar surface area (TPSA) is 63.9 Å². The number of fused-ring (bicyclic) bond motifs is 6. The van der Waals surface area contributed by atoms with Crippen LogP contribution in [0.1, 0.15) is 90.0 Å². The van der Waals surface area contributed by atoms with Crippen LogP contribution in [0.25, 0.3) is 0 Å². The average Bonchev–Trinajstić information content (AvgIpc) is 3.55. The molecule has 2 saturated heterocycles. The molecular formula is C40H57NO3. The number of nitrogens with zero attached hydrogens (tertiary/aromatic N) is 1. The SMILES string of the molecule is C[C@@H]1CC[C@H]2N(C1)C[C@H]1[C@H]3[C@@H]4C=CC[C@@]56C[C@]7(CC[C@@H](Cc8ccccc8)C7)[C@H](O)C[C@H]5[C@@H](O)C[C@H]([C@H]3CC[C@H]1[C@]2(C)O)[C@H]46. The molecule has 0 bridgehead atoms. The third-order valence-corrected chi connectivity index (χ3v) is 16.2. The number of hydrogen-bond acceptors (Lipinski definition) is 4. The predicted octanol–water partition coefficient (Wildman–Crippen LogP) is 6.48. The van der Waals surface area contributed by atoms with Crippen molar-refractivity contribution in [3.8, 4) is 0 Å². The van der Waals surface area contributed by atoms with Crippen molar-refractivity contribution in [1.82, 2.24) is 4.90 Å². The van der Waals surface area contributed by atoms with Gasteiger partial charge >= 0.3 is 0 Å². The van der Waals surface area contributed by atoms with Gasteiger partial charge in [-0.1, -0.05) is 49.4 Å². The molecule has 0 aromatic heterocycles. The van der Waals surface area contributed by atoms with Gasteiger partial charge in [0, 0.05) is 19.1 Å². The lowest BCUT2D eigenvalue weighted by atomic mass is 9.42. The average molecular weight is 600 g/mol. The summed E-state index contributed by atoms with van der Waals surface area (Å²) in [5.74, 6) is 5.66. The number of hydrogen-bond donors (Lipinski definition) is 3. The van der Waals surface area contributed by atoms with E-state index in [-0.39, 0.29) is 29.0 Å². The fourth-order valence-electron chi connectivity index (χ4n) is 14.8. The zero-order valence-corrected chi connectivity index (χ0v) is 27.2. The maximum Gasteiger partial charge on any atom is 0.0805 e. The normalized spacial score (nSPS) is 56.0. The van der Waals surface area contributed by atoms with Gasteiger partial charge in [-0.3, -0.25) is 4.90 Å². The first-order chi connectivity index (χ1) is 21.2. The summed E-state index contributed by atoms with van der Waals surface area (Å²) in [5, 5.41) is 36.1. The van der Waals surface area contributed by atoms with Gasteiger partial charge < -0.3 is 15.3 Å². The van der Waals surface area contributed by atoms with E-state index in [0.717, 1.165) is 70.3 Å². The van der Waals surface area contributed by atoms with Crippen molar-refractivity contribution in [3.63, 3.8) is 0 Å². The second-order valence-electron chi connectivity index (χ2n) is 18.1. The molecule has 0 unspecified atom stereocenters. The summed E-state index contributed by atoms with van der Waals surface area (Å²) < 4.78 is 0. The molecular weight excluding hydrogens is 542 g/mol. The Bertz CT molecular complexity index is 1280. The van der Waals surface area contributed by atoms with E-state index >= 15 is 0 Å². The van der Waals surface area contributed by atoms with Gasteiger partial charge in [-0.2, -0.15) is 0 Å². The predicted molar refractivity (Wildman–Crippen MR) is 174 cm³/mol. The molecule has 4 heteroatoms. The van der Waals surface area contributed by atoms with Crippen LogP contribution in [0.3, 0.4) is 0 Å². The van der Waals surface area contributed by atoms with Crippen LogP contribution in [0.4, 0.5) is 0 Å². The fraction of sp³-hybridized carbons (Fsp3) is 0.800. The van der Waals surface area contributed by atoms with Crippen LogP contribution in [0.5, 0.6) is 0 Å². The molecule has 1 aromatic rings. The van der Waals surface area contributed by atoms with Crippen LogP contribution < -0.4 is 0 Å². The Balaban J connectivity index is 1.05. The highest BCUT2D eigenvalue weighted by atomic mass is 16.3. The van der Waals surface area contributed by atoms with E-state index in [1.807, 2.05) is 0 Å². The molecule has 6 aliphatic carbocycles. The minimum Gasteiger partial charge on any atom is -0.393 e. The molecule has 9 rings (SSSR count). The molecule has 5 saturated carbocycles. The molecule has 0 radical (unpaired) electrons. The first kappa shape index (κ1) is 29.0. The summed E-state index contributed by atoms with van der Waals surface area (Å²) in [5.41, 5.74) is 0.966. The molecule has 3 N–H and O–H groups in total. The number of benzene rings is 1. The molecule has 0 amide bonds. The molecule has 1 aromatic carbocycles. The van der Waals surface area contributed by atoms with Gasteiger partial charge in [-0.25, -0.2) is 0 Å². The van der Waals surface area contributed by atoms with E-state index in [0.29, 0.717) is 53.4 Å². The largest absolute Gasteiger partial charge is 0.393 e. The van der Waals surface area contributed by atoms with Gasteiger partial charge in [0.2, 0.25) is 0 Å². The van der Waals surface area contributed by atoms with Crippen molar-refractivity contribution in [2.75, 3.05) is 13.1 Å². The summed E-state index contributed by atoms with van der Waals surface area (Å²) in [6.07, 6.45) is 18.0. The van der Waals surface area contributed by atoms with Crippen molar-refractivity contribution in [1.29, 1.82) is 0 Å². The van der Waals surface area contributed by atoms with Gasteiger partial charge in [0.1, 0.15) is 0 Å². The Hall–Kier alpha value is -1.20. The van der Waals surface area contributed by atoms with Crippen LogP contribution in [0.2, 0.25) is 0 Å². The van der Waals surface area contributed by atoms with Crippen molar-refractivity contribution >= 4 is 0 Å². The molecule has 16 atom stereocenters. The summed E-state index contributed by atoms with van der Waals surface area (Å²) in [4.78, 5) is 2.72. The second kappa shape index (κ2) is 10.1. The molecule has 2 aliphatic heterocycles. The molecule has 2 spiro atoms. The Morgan fingerprint density at radius 1 is 0.909 bits per heavy atom.